The normalized spacial score (nSPS) is 31.8. The molecule has 1 saturated heterocycles. The summed E-state index contributed by atoms with van der Waals surface area (Å²) in [6, 6.07) is 0. The van der Waals surface area contributed by atoms with E-state index in [9.17, 15) is 14.5 Å². The Balaban J connectivity index is 2.51. The highest BCUT2D eigenvalue weighted by Crippen LogP contribution is 2.51. The van der Waals surface area contributed by atoms with Gasteiger partial charge in [0.2, 0.25) is 0 Å². The molecule has 2 rings (SSSR count). The zero-order chi connectivity index (χ0) is 19.0. The smallest absolute Gasteiger partial charge is 0.330 e. The molecular formula is C14H23N2O7PS. The molecule has 0 spiro atoms. The summed E-state index contributed by atoms with van der Waals surface area (Å²) in [5.41, 5.74) is -1.63. The van der Waals surface area contributed by atoms with Crippen molar-refractivity contribution in [3.8, 4) is 0 Å². The van der Waals surface area contributed by atoms with Gasteiger partial charge >= 0.3 is 12.4 Å². The van der Waals surface area contributed by atoms with Crippen LogP contribution in [0.2, 0.25) is 0 Å². The van der Waals surface area contributed by atoms with Crippen LogP contribution in [0.1, 0.15) is 32.1 Å². The van der Waals surface area contributed by atoms with Crippen molar-refractivity contribution in [1.29, 1.82) is 0 Å². The SMILES string of the molecule is CC[C@@]1(C)O[C@@H](n2cc(C)c(=O)[nH]c2=O)C(OC)C1OP(O)(=S)OC. The molecule has 142 valence electrons. The van der Waals surface area contributed by atoms with Gasteiger partial charge in [0, 0.05) is 26.0 Å². The van der Waals surface area contributed by atoms with Gasteiger partial charge in [-0.05, 0) is 32.1 Å². The molecule has 0 amide bonds. The number of ether oxygens (including phenoxy) is 2. The topological polar surface area (TPSA) is 112 Å². The lowest BCUT2D eigenvalue weighted by Gasteiger charge is -2.32. The van der Waals surface area contributed by atoms with Gasteiger partial charge in [0.1, 0.15) is 12.2 Å². The molecule has 0 radical (unpaired) electrons. The Morgan fingerprint density at radius 1 is 1.48 bits per heavy atom. The van der Waals surface area contributed by atoms with Crippen molar-refractivity contribution < 1.29 is 23.4 Å². The zero-order valence-electron chi connectivity index (χ0n) is 14.7. The van der Waals surface area contributed by atoms with Gasteiger partial charge < -0.3 is 18.9 Å². The number of hydrogen-bond donors (Lipinski definition) is 2. The minimum absolute atomic E-state index is 0.352. The lowest BCUT2D eigenvalue weighted by atomic mass is 9.95. The monoisotopic (exact) mass is 394 g/mol. The molecule has 9 nitrogen and oxygen atoms in total. The number of aromatic amines is 1. The third-order valence-corrected chi connectivity index (χ3v) is 6.10. The summed E-state index contributed by atoms with van der Waals surface area (Å²) < 4.78 is 23.3. The van der Waals surface area contributed by atoms with Crippen molar-refractivity contribution in [2.75, 3.05) is 14.2 Å². The molecule has 25 heavy (non-hydrogen) atoms. The zero-order valence-corrected chi connectivity index (χ0v) is 16.4. The van der Waals surface area contributed by atoms with Gasteiger partial charge in [-0.25, -0.2) is 4.79 Å². The first-order valence-corrected chi connectivity index (χ1v) is 10.3. The highest BCUT2D eigenvalue weighted by atomic mass is 32.5. The van der Waals surface area contributed by atoms with Crippen LogP contribution in [0.5, 0.6) is 0 Å². The summed E-state index contributed by atoms with van der Waals surface area (Å²) in [4.78, 5) is 36.1. The number of nitrogens with one attached hydrogen (secondary N) is 1. The Morgan fingerprint density at radius 3 is 2.64 bits per heavy atom. The minimum Gasteiger partial charge on any atom is -0.374 e. The van der Waals surface area contributed by atoms with Crippen molar-refractivity contribution in [2.24, 2.45) is 0 Å². The molecule has 1 aromatic heterocycles. The van der Waals surface area contributed by atoms with Crippen LogP contribution in [0.3, 0.4) is 0 Å². The van der Waals surface area contributed by atoms with Gasteiger partial charge in [0.05, 0.1) is 5.60 Å². The molecule has 0 saturated carbocycles. The van der Waals surface area contributed by atoms with Crippen LogP contribution in [-0.4, -0.2) is 46.5 Å². The molecule has 2 N–H and O–H groups in total. The van der Waals surface area contributed by atoms with Gasteiger partial charge in [0.25, 0.3) is 5.56 Å². The fourth-order valence-corrected chi connectivity index (χ4v) is 3.77. The molecule has 1 fully saturated rings. The van der Waals surface area contributed by atoms with Crippen LogP contribution in [0.4, 0.5) is 0 Å². The van der Waals surface area contributed by atoms with Gasteiger partial charge in [0.15, 0.2) is 6.23 Å². The third kappa shape index (κ3) is 3.95. The lowest BCUT2D eigenvalue weighted by molar-refractivity contribution is -0.0957. The molecule has 2 heterocycles. The predicted octanol–water partition coefficient (Wildman–Crippen LogP) is 0.806. The van der Waals surface area contributed by atoms with Gasteiger partial charge in [-0.3, -0.25) is 18.9 Å². The van der Waals surface area contributed by atoms with Crippen LogP contribution in [0.15, 0.2) is 15.8 Å². The first-order valence-electron chi connectivity index (χ1n) is 7.68. The molecule has 0 bridgehead atoms. The number of aryl methyl sites for hydroxylation is 1. The Morgan fingerprint density at radius 2 is 2.12 bits per heavy atom. The Hall–Kier alpha value is -0.870. The number of rotatable bonds is 6. The molecular weight excluding hydrogens is 371 g/mol. The first kappa shape index (κ1) is 20.4. The predicted molar refractivity (Wildman–Crippen MR) is 94.1 cm³/mol. The lowest BCUT2D eigenvalue weighted by Crippen LogP contribution is -2.43. The third-order valence-electron chi connectivity index (χ3n) is 4.44. The second kappa shape index (κ2) is 7.40. The number of aromatic nitrogens is 2. The maximum atomic E-state index is 12.2. The maximum absolute atomic E-state index is 12.2. The van der Waals surface area contributed by atoms with E-state index in [1.54, 1.807) is 13.8 Å². The van der Waals surface area contributed by atoms with Crippen LogP contribution in [0.25, 0.3) is 0 Å². The first-order chi connectivity index (χ1) is 11.6. The van der Waals surface area contributed by atoms with Crippen LogP contribution in [-0.2, 0) is 30.3 Å². The minimum atomic E-state index is -3.49. The van der Waals surface area contributed by atoms with Gasteiger partial charge in [-0.15, -0.1) is 0 Å². The average Bonchev–Trinajstić information content (AvgIpc) is 2.83. The number of nitrogens with zero attached hydrogens (tertiary/aromatic N) is 1. The Bertz CT molecular complexity index is 794. The molecule has 0 aliphatic carbocycles. The van der Waals surface area contributed by atoms with E-state index in [0.29, 0.717) is 12.0 Å². The molecule has 1 aromatic rings. The second-order valence-electron chi connectivity index (χ2n) is 6.03. The van der Waals surface area contributed by atoms with Crippen molar-refractivity contribution in [1.82, 2.24) is 9.55 Å². The van der Waals surface area contributed by atoms with Gasteiger partial charge in [-0.1, -0.05) is 6.92 Å². The standard InChI is InChI=1S/C14H23N2O7PS/c1-6-14(3)10(23-24(19,25)21-5)9(20-4)12(22-14)16-7-8(2)11(17)15-13(16)18/h7,9-10,12H,6H2,1-5H3,(H,19,25)(H,15,17,18)/t9?,10?,12-,14-,24?/m1/s1. The average molecular weight is 394 g/mol. The van der Waals surface area contributed by atoms with E-state index in [0.717, 1.165) is 0 Å². The van der Waals surface area contributed by atoms with E-state index in [-0.39, 0.29) is 0 Å². The molecule has 1 aliphatic rings. The highest BCUT2D eigenvalue weighted by molar-refractivity contribution is 8.07. The van der Waals surface area contributed by atoms with E-state index < -0.39 is 42.0 Å². The molecule has 5 atom stereocenters. The van der Waals surface area contributed by atoms with E-state index in [2.05, 4.69) is 4.98 Å². The summed E-state index contributed by atoms with van der Waals surface area (Å²) in [6.07, 6.45) is -0.485. The van der Waals surface area contributed by atoms with Crippen molar-refractivity contribution in [2.45, 2.75) is 51.2 Å². The highest BCUT2D eigenvalue weighted by Gasteiger charge is 2.55. The summed E-state index contributed by atoms with van der Waals surface area (Å²) in [6.45, 7) is 1.75. The van der Waals surface area contributed by atoms with E-state index >= 15 is 0 Å². The van der Waals surface area contributed by atoms with Crippen molar-refractivity contribution in [3.05, 3.63) is 32.6 Å². The van der Waals surface area contributed by atoms with Crippen molar-refractivity contribution in [3.63, 3.8) is 0 Å². The summed E-state index contributed by atoms with van der Waals surface area (Å²) in [7, 11) is 2.70. The molecule has 3 unspecified atom stereocenters. The number of methoxy groups -OCH3 is 1. The van der Waals surface area contributed by atoms with E-state index in [4.69, 9.17) is 30.3 Å². The summed E-state index contributed by atoms with van der Waals surface area (Å²) in [5.74, 6) is 0. The van der Waals surface area contributed by atoms with E-state index in [1.165, 1.54) is 25.0 Å². The Labute approximate surface area is 150 Å². The van der Waals surface area contributed by atoms with Crippen LogP contribution < -0.4 is 11.2 Å². The van der Waals surface area contributed by atoms with Crippen molar-refractivity contribution >= 4 is 18.5 Å². The summed E-state index contributed by atoms with van der Waals surface area (Å²) >= 11 is 4.95. The fraction of sp³-hybridized carbons (Fsp3) is 0.714. The number of hydrogen-bond acceptors (Lipinski definition) is 7. The van der Waals surface area contributed by atoms with Gasteiger partial charge in [-0.2, -0.15) is 0 Å². The molecule has 11 heteroatoms. The largest absolute Gasteiger partial charge is 0.374 e. The summed E-state index contributed by atoms with van der Waals surface area (Å²) in [5, 5.41) is 0. The second-order valence-corrected chi connectivity index (χ2v) is 8.93. The quantitative estimate of drug-likeness (QED) is 0.682. The van der Waals surface area contributed by atoms with Crippen LogP contribution in [0, 0.1) is 6.92 Å². The Kier molecular flexibility index (Phi) is 6.05. The molecule has 0 aromatic carbocycles. The maximum Gasteiger partial charge on any atom is 0.330 e. The van der Waals surface area contributed by atoms with Crippen LogP contribution >= 0.6 is 6.72 Å². The number of H-pyrrole nitrogens is 1. The van der Waals surface area contributed by atoms with E-state index in [1.807, 2.05) is 6.92 Å². The molecule has 1 aliphatic heterocycles. The fourth-order valence-electron chi connectivity index (χ4n) is 2.78.